The van der Waals surface area contributed by atoms with Crippen LogP contribution in [-0.2, 0) is 18.3 Å². The van der Waals surface area contributed by atoms with Crippen LogP contribution in [0, 0.1) is 0 Å². The SMILES string of the molecule is CCc1nn(C)cc1NC(=O)N1CCCCCC1C(=O)O. The van der Waals surface area contributed by atoms with Gasteiger partial charge in [-0.15, -0.1) is 0 Å². The number of aryl methyl sites for hydroxylation is 2. The lowest BCUT2D eigenvalue weighted by atomic mass is 10.1. The first-order valence-electron chi connectivity index (χ1n) is 7.36. The average Bonchev–Trinajstić information content (AvgIpc) is 2.65. The molecule has 1 saturated heterocycles. The van der Waals surface area contributed by atoms with Crippen LogP contribution in [0.1, 0.15) is 38.3 Å². The van der Waals surface area contributed by atoms with Gasteiger partial charge >= 0.3 is 12.0 Å². The molecule has 1 atom stereocenters. The van der Waals surface area contributed by atoms with Gasteiger partial charge in [0, 0.05) is 19.8 Å². The molecule has 1 aliphatic rings. The standard InChI is InChI=1S/C14H22N4O3/c1-3-10-11(9-17(2)16-10)15-14(21)18-8-6-4-5-7-12(18)13(19)20/h9,12H,3-8H2,1-2H3,(H,15,21)(H,19,20). The average molecular weight is 294 g/mol. The maximum absolute atomic E-state index is 12.4. The van der Waals surface area contributed by atoms with Crippen LogP contribution < -0.4 is 5.32 Å². The van der Waals surface area contributed by atoms with Crippen LogP contribution in [-0.4, -0.2) is 44.4 Å². The van der Waals surface area contributed by atoms with Crippen LogP contribution in [0.3, 0.4) is 0 Å². The minimum absolute atomic E-state index is 0.355. The van der Waals surface area contributed by atoms with E-state index in [1.807, 2.05) is 6.92 Å². The van der Waals surface area contributed by atoms with Gasteiger partial charge in [0.25, 0.3) is 0 Å². The maximum Gasteiger partial charge on any atom is 0.326 e. The number of carbonyl (C=O) groups excluding carboxylic acids is 1. The maximum atomic E-state index is 12.4. The Morgan fingerprint density at radius 2 is 2.19 bits per heavy atom. The normalized spacial score (nSPS) is 19.1. The Morgan fingerprint density at radius 1 is 1.43 bits per heavy atom. The van der Waals surface area contributed by atoms with Gasteiger partial charge in [-0.25, -0.2) is 9.59 Å². The number of rotatable bonds is 3. The summed E-state index contributed by atoms with van der Waals surface area (Å²) in [6.45, 7) is 2.44. The minimum Gasteiger partial charge on any atom is -0.480 e. The molecule has 2 N–H and O–H groups in total. The zero-order chi connectivity index (χ0) is 15.4. The Hall–Kier alpha value is -2.05. The largest absolute Gasteiger partial charge is 0.480 e. The van der Waals surface area contributed by atoms with Crippen molar-refractivity contribution in [2.45, 2.75) is 45.1 Å². The van der Waals surface area contributed by atoms with E-state index >= 15 is 0 Å². The molecule has 1 aromatic rings. The fourth-order valence-electron chi connectivity index (χ4n) is 2.70. The molecule has 2 rings (SSSR count). The van der Waals surface area contributed by atoms with E-state index in [2.05, 4.69) is 10.4 Å². The Bertz CT molecular complexity index is 526. The third kappa shape index (κ3) is 3.53. The highest BCUT2D eigenvalue weighted by molar-refractivity contribution is 5.92. The Morgan fingerprint density at radius 3 is 2.86 bits per heavy atom. The number of nitrogens with zero attached hydrogens (tertiary/aromatic N) is 3. The highest BCUT2D eigenvalue weighted by Gasteiger charge is 2.31. The molecule has 1 aliphatic heterocycles. The molecular weight excluding hydrogens is 272 g/mol. The second kappa shape index (κ2) is 6.60. The van der Waals surface area contributed by atoms with Gasteiger partial charge < -0.3 is 15.3 Å². The summed E-state index contributed by atoms with van der Waals surface area (Å²) in [7, 11) is 1.79. The number of carboxylic acids is 1. The summed E-state index contributed by atoms with van der Waals surface area (Å²) in [6.07, 6.45) is 5.60. The summed E-state index contributed by atoms with van der Waals surface area (Å²) in [6, 6.07) is -1.10. The number of nitrogens with one attached hydrogen (secondary N) is 1. The number of carboxylic acid groups (broad SMARTS) is 1. The Balaban J connectivity index is 2.14. The molecule has 7 heteroatoms. The van der Waals surface area contributed by atoms with E-state index in [-0.39, 0.29) is 6.03 Å². The number of hydrogen-bond acceptors (Lipinski definition) is 3. The molecule has 116 valence electrons. The van der Waals surface area contributed by atoms with E-state index in [1.54, 1.807) is 17.9 Å². The van der Waals surface area contributed by atoms with Crippen LogP contribution in [0.15, 0.2) is 6.20 Å². The molecule has 0 bridgehead atoms. The molecule has 1 unspecified atom stereocenters. The predicted molar refractivity (Wildman–Crippen MR) is 78.2 cm³/mol. The first-order valence-corrected chi connectivity index (χ1v) is 7.36. The Labute approximate surface area is 123 Å². The number of likely N-dealkylation sites (tertiary alicyclic amines) is 1. The number of aromatic nitrogens is 2. The highest BCUT2D eigenvalue weighted by atomic mass is 16.4. The van der Waals surface area contributed by atoms with Gasteiger partial charge in [-0.1, -0.05) is 19.8 Å². The first-order chi connectivity index (χ1) is 10.0. The zero-order valence-electron chi connectivity index (χ0n) is 12.5. The van der Waals surface area contributed by atoms with Gasteiger partial charge in [0.1, 0.15) is 6.04 Å². The summed E-state index contributed by atoms with van der Waals surface area (Å²) in [5.74, 6) is -0.936. The van der Waals surface area contributed by atoms with E-state index in [4.69, 9.17) is 0 Å². The molecule has 2 heterocycles. The van der Waals surface area contributed by atoms with Crippen molar-refractivity contribution in [1.82, 2.24) is 14.7 Å². The van der Waals surface area contributed by atoms with Gasteiger partial charge in [-0.2, -0.15) is 5.10 Å². The molecule has 0 aliphatic carbocycles. The smallest absolute Gasteiger partial charge is 0.326 e. The molecule has 2 amide bonds. The van der Waals surface area contributed by atoms with Gasteiger partial charge in [0.2, 0.25) is 0 Å². The predicted octanol–water partition coefficient (Wildman–Crippen LogP) is 1.84. The summed E-state index contributed by atoms with van der Waals surface area (Å²) in [5.41, 5.74) is 1.45. The molecule has 21 heavy (non-hydrogen) atoms. The summed E-state index contributed by atoms with van der Waals surface area (Å²) < 4.78 is 1.64. The van der Waals surface area contributed by atoms with E-state index in [0.29, 0.717) is 25.1 Å². The van der Waals surface area contributed by atoms with Gasteiger partial charge in [0.05, 0.1) is 11.4 Å². The Kier molecular flexibility index (Phi) is 4.82. The van der Waals surface area contributed by atoms with Crippen molar-refractivity contribution in [2.24, 2.45) is 7.05 Å². The molecule has 0 aromatic carbocycles. The van der Waals surface area contributed by atoms with Gasteiger partial charge in [-0.05, 0) is 19.3 Å². The van der Waals surface area contributed by atoms with Crippen LogP contribution >= 0.6 is 0 Å². The zero-order valence-corrected chi connectivity index (χ0v) is 12.5. The van der Waals surface area contributed by atoms with Crippen LogP contribution in [0.5, 0.6) is 0 Å². The molecule has 7 nitrogen and oxygen atoms in total. The van der Waals surface area contributed by atoms with Crippen LogP contribution in [0.25, 0.3) is 0 Å². The van der Waals surface area contributed by atoms with Crippen molar-refractivity contribution in [3.8, 4) is 0 Å². The molecule has 0 spiro atoms. The molecule has 1 fully saturated rings. The number of carbonyl (C=O) groups is 2. The van der Waals surface area contributed by atoms with E-state index in [0.717, 1.165) is 25.0 Å². The molecular formula is C14H22N4O3. The molecule has 0 saturated carbocycles. The number of anilines is 1. The lowest BCUT2D eigenvalue weighted by Crippen LogP contribution is -2.46. The van der Waals surface area contributed by atoms with E-state index in [9.17, 15) is 14.7 Å². The van der Waals surface area contributed by atoms with Crippen molar-refractivity contribution in [3.05, 3.63) is 11.9 Å². The lowest BCUT2D eigenvalue weighted by Gasteiger charge is -2.26. The fourth-order valence-corrected chi connectivity index (χ4v) is 2.70. The van der Waals surface area contributed by atoms with Crippen LogP contribution in [0.2, 0.25) is 0 Å². The van der Waals surface area contributed by atoms with Crippen molar-refractivity contribution >= 4 is 17.7 Å². The van der Waals surface area contributed by atoms with Crippen LogP contribution in [0.4, 0.5) is 10.5 Å². The van der Waals surface area contributed by atoms with Crippen molar-refractivity contribution in [1.29, 1.82) is 0 Å². The lowest BCUT2D eigenvalue weighted by molar-refractivity contribution is -0.142. The highest BCUT2D eigenvalue weighted by Crippen LogP contribution is 2.20. The number of hydrogen-bond donors (Lipinski definition) is 2. The minimum atomic E-state index is -0.936. The fraction of sp³-hybridized carbons (Fsp3) is 0.643. The summed E-state index contributed by atoms with van der Waals surface area (Å²) in [4.78, 5) is 25.2. The van der Waals surface area contributed by atoms with Gasteiger partial charge in [0.15, 0.2) is 0 Å². The quantitative estimate of drug-likeness (QED) is 0.890. The third-order valence-electron chi connectivity index (χ3n) is 3.78. The number of aliphatic carboxylic acids is 1. The van der Waals surface area contributed by atoms with Crippen molar-refractivity contribution < 1.29 is 14.7 Å². The second-order valence-electron chi connectivity index (χ2n) is 5.34. The van der Waals surface area contributed by atoms with E-state index in [1.165, 1.54) is 4.90 Å². The summed E-state index contributed by atoms with van der Waals surface area (Å²) >= 11 is 0. The second-order valence-corrected chi connectivity index (χ2v) is 5.34. The monoisotopic (exact) mass is 294 g/mol. The molecule has 1 aromatic heterocycles. The number of amides is 2. The topological polar surface area (TPSA) is 87.5 Å². The molecule has 0 radical (unpaired) electrons. The van der Waals surface area contributed by atoms with E-state index < -0.39 is 12.0 Å². The van der Waals surface area contributed by atoms with Crippen molar-refractivity contribution in [3.63, 3.8) is 0 Å². The number of urea groups is 1. The third-order valence-corrected chi connectivity index (χ3v) is 3.78. The summed E-state index contributed by atoms with van der Waals surface area (Å²) in [5, 5.41) is 16.4. The van der Waals surface area contributed by atoms with Gasteiger partial charge in [-0.3, -0.25) is 4.68 Å². The van der Waals surface area contributed by atoms with Crippen molar-refractivity contribution in [2.75, 3.05) is 11.9 Å². The first kappa shape index (κ1) is 15.3.